The van der Waals surface area contributed by atoms with Crippen LogP contribution >= 0.6 is 0 Å². The van der Waals surface area contributed by atoms with Gasteiger partial charge in [0.05, 0.1) is 0 Å². The third-order valence-corrected chi connectivity index (χ3v) is 3.88. The van der Waals surface area contributed by atoms with Gasteiger partial charge in [0.1, 0.15) is 0 Å². The predicted octanol–water partition coefficient (Wildman–Crippen LogP) is 2.60. The zero-order valence-corrected chi connectivity index (χ0v) is 16.6. The van der Waals surface area contributed by atoms with Crippen LogP contribution in [0.1, 0.15) is 35.3 Å². The minimum absolute atomic E-state index is 0.260. The molecular weight excluding hydrogens is 356 g/mol. The van der Waals surface area contributed by atoms with Gasteiger partial charge in [-0.05, 0) is 43.4 Å². The lowest BCUT2D eigenvalue weighted by atomic mass is 10.1. The predicted molar refractivity (Wildman–Crippen MR) is 110 cm³/mol. The zero-order chi connectivity index (χ0) is 20.7. The van der Waals surface area contributed by atoms with E-state index in [2.05, 4.69) is 20.9 Å². The van der Waals surface area contributed by atoms with Gasteiger partial charge in [-0.15, -0.1) is 0 Å². The molecular formula is C21H26N4O3. The molecule has 28 heavy (non-hydrogen) atoms. The van der Waals surface area contributed by atoms with Crippen molar-refractivity contribution in [3.63, 3.8) is 0 Å². The minimum Gasteiger partial charge on any atom is -0.348 e. The Labute approximate surface area is 165 Å². The van der Waals surface area contributed by atoms with Crippen molar-refractivity contribution in [2.24, 2.45) is 0 Å². The number of carbonyl (C=O) groups excluding carboxylic acids is 3. The van der Waals surface area contributed by atoms with E-state index in [-0.39, 0.29) is 17.7 Å². The van der Waals surface area contributed by atoms with E-state index in [1.165, 1.54) is 13.8 Å². The highest BCUT2D eigenvalue weighted by Gasteiger charge is 2.11. The van der Waals surface area contributed by atoms with Crippen molar-refractivity contribution >= 4 is 29.1 Å². The van der Waals surface area contributed by atoms with Gasteiger partial charge in [0, 0.05) is 43.9 Å². The molecule has 0 aliphatic heterocycles. The Morgan fingerprint density at radius 1 is 0.857 bits per heavy atom. The van der Waals surface area contributed by atoms with Crippen molar-refractivity contribution < 1.29 is 14.4 Å². The Hall–Kier alpha value is -3.19. The van der Waals surface area contributed by atoms with Crippen molar-refractivity contribution in [2.75, 3.05) is 24.7 Å². The molecule has 0 radical (unpaired) electrons. The van der Waals surface area contributed by atoms with E-state index in [1.54, 1.807) is 18.2 Å². The summed E-state index contributed by atoms with van der Waals surface area (Å²) in [4.78, 5) is 37.5. The molecule has 0 unspecified atom stereocenters. The molecule has 0 heterocycles. The first-order chi connectivity index (χ1) is 13.2. The third kappa shape index (κ3) is 6.51. The topological polar surface area (TPSA) is 90.5 Å². The van der Waals surface area contributed by atoms with Crippen LogP contribution in [0.25, 0.3) is 0 Å². The third-order valence-electron chi connectivity index (χ3n) is 3.88. The number of carbonyl (C=O) groups is 3. The molecule has 0 fully saturated rings. The van der Waals surface area contributed by atoms with E-state index >= 15 is 0 Å². The fourth-order valence-corrected chi connectivity index (χ4v) is 2.81. The highest BCUT2D eigenvalue weighted by atomic mass is 16.2. The summed E-state index contributed by atoms with van der Waals surface area (Å²) in [6.45, 7) is 3.92. The van der Waals surface area contributed by atoms with Crippen molar-refractivity contribution in [3.8, 4) is 0 Å². The number of amides is 3. The largest absolute Gasteiger partial charge is 0.348 e. The van der Waals surface area contributed by atoms with Gasteiger partial charge in [-0.3, -0.25) is 14.4 Å². The van der Waals surface area contributed by atoms with Crippen LogP contribution in [0.3, 0.4) is 0 Å². The van der Waals surface area contributed by atoms with Crippen LogP contribution in [0.15, 0.2) is 42.5 Å². The Kier molecular flexibility index (Phi) is 7.28. The van der Waals surface area contributed by atoms with E-state index in [9.17, 15) is 14.4 Å². The van der Waals surface area contributed by atoms with Gasteiger partial charge in [0.15, 0.2) is 0 Å². The summed E-state index contributed by atoms with van der Waals surface area (Å²) in [6, 6.07) is 12.7. The molecule has 0 saturated heterocycles. The minimum atomic E-state index is -0.293. The fraction of sp³-hybridized carbons (Fsp3) is 0.286. The molecule has 148 valence electrons. The van der Waals surface area contributed by atoms with Crippen molar-refractivity contribution in [1.29, 1.82) is 0 Å². The second-order valence-electron chi connectivity index (χ2n) is 6.85. The molecule has 7 nitrogen and oxygen atoms in total. The number of hydrogen-bond donors (Lipinski definition) is 3. The summed E-state index contributed by atoms with van der Waals surface area (Å²) in [6.07, 6.45) is 0. The number of rotatable bonds is 7. The highest BCUT2D eigenvalue weighted by Crippen LogP contribution is 2.20. The Bertz CT molecular complexity index is 843. The van der Waals surface area contributed by atoms with Crippen molar-refractivity contribution in [1.82, 2.24) is 10.2 Å². The number of anilines is 2. The molecule has 0 atom stereocenters. The number of hydrogen-bond acceptors (Lipinski definition) is 4. The molecule has 2 aromatic carbocycles. The van der Waals surface area contributed by atoms with Gasteiger partial charge < -0.3 is 20.9 Å². The number of nitrogens with one attached hydrogen (secondary N) is 3. The Morgan fingerprint density at radius 2 is 1.39 bits per heavy atom. The first-order valence-electron chi connectivity index (χ1n) is 8.94. The van der Waals surface area contributed by atoms with Gasteiger partial charge in [0.25, 0.3) is 5.91 Å². The van der Waals surface area contributed by atoms with E-state index in [0.29, 0.717) is 23.5 Å². The summed E-state index contributed by atoms with van der Waals surface area (Å²) < 4.78 is 0. The highest BCUT2D eigenvalue weighted by molar-refractivity contribution is 5.99. The van der Waals surface area contributed by atoms with E-state index < -0.39 is 0 Å². The lowest BCUT2D eigenvalue weighted by Crippen LogP contribution is -2.24. The lowest BCUT2D eigenvalue weighted by molar-refractivity contribution is -0.115. The lowest BCUT2D eigenvalue weighted by Gasteiger charge is -2.15. The van der Waals surface area contributed by atoms with Gasteiger partial charge in [-0.25, -0.2) is 0 Å². The Morgan fingerprint density at radius 3 is 1.89 bits per heavy atom. The summed E-state index contributed by atoms with van der Waals surface area (Å²) in [5, 5.41) is 8.19. The molecule has 2 aromatic rings. The first kappa shape index (κ1) is 21.1. The van der Waals surface area contributed by atoms with Crippen LogP contribution < -0.4 is 16.0 Å². The molecule has 7 heteroatoms. The van der Waals surface area contributed by atoms with E-state index in [0.717, 1.165) is 17.7 Å². The zero-order valence-electron chi connectivity index (χ0n) is 16.6. The Balaban J connectivity index is 2.19. The van der Waals surface area contributed by atoms with Crippen LogP contribution in [-0.4, -0.2) is 36.7 Å². The average Bonchev–Trinajstić information content (AvgIpc) is 2.58. The van der Waals surface area contributed by atoms with Crippen LogP contribution in [0.2, 0.25) is 0 Å². The van der Waals surface area contributed by atoms with Gasteiger partial charge in [-0.1, -0.05) is 24.3 Å². The molecule has 3 N–H and O–H groups in total. The number of nitrogens with zero attached hydrogens (tertiary/aromatic N) is 1. The second-order valence-corrected chi connectivity index (χ2v) is 6.85. The van der Waals surface area contributed by atoms with Gasteiger partial charge in [0.2, 0.25) is 11.8 Å². The summed E-state index contributed by atoms with van der Waals surface area (Å²) >= 11 is 0. The molecule has 0 aliphatic carbocycles. The van der Waals surface area contributed by atoms with Crippen molar-refractivity contribution in [2.45, 2.75) is 26.9 Å². The summed E-state index contributed by atoms with van der Waals surface area (Å²) in [7, 11) is 3.98. The second kappa shape index (κ2) is 9.66. The molecule has 3 amide bonds. The van der Waals surface area contributed by atoms with Crippen LogP contribution in [0, 0.1) is 0 Å². The summed E-state index contributed by atoms with van der Waals surface area (Å²) in [5.41, 5.74) is 3.40. The molecule has 0 saturated carbocycles. The van der Waals surface area contributed by atoms with Gasteiger partial charge >= 0.3 is 0 Å². The molecule has 0 spiro atoms. The average molecular weight is 382 g/mol. The smallest absolute Gasteiger partial charge is 0.251 e. The van der Waals surface area contributed by atoms with Gasteiger partial charge in [-0.2, -0.15) is 0 Å². The molecule has 2 rings (SSSR count). The molecule has 0 aliphatic rings. The SMILES string of the molecule is CC(=O)Nc1cc(NC(C)=O)cc(C(=O)NCc2ccccc2CN(C)C)c1. The quantitative estimate of drug-likeness (QED) is 0.687. The monoisotopic (exact) mass is 382 g/mol. The maximum absolute atomic E-state index is 12.7. The van der Waals surface area contributed by atoms with Crippen LogP contribution in [0.5, 0.6) is 0 Å². The maximum Gasteiger partial charge on any atom is 0.251 e. The van der Waals surface area contributed by atoms with Crippen LogP contribution in [0.4, 0.5) is 11.4 Å². The van der Waals surface area contributed by atoms with E-state index in [4.69, 9.17) is 0 Å². The van der Waals surface area contributed by atoms with Crippen LogP contribution in [-0.2, 0) is 22.7 Å². The fourth-order valence-electron chi connectivity index (χ4n) is 2.81. The van der Waals surface area contributed by atoms with Crippen molar-refractivity contribution in [3.05, 3.63) is 59.2 Å². The first-order valence-corrected chi connectivity index (χ1v) is 8.94. The molecule has 0 bridgehead atoms. The number of benzene rings is 2. The summed E-state index contributed by atoms with van der Waals surface area (Å²) in [5.74, 6) is -0.814. The maximum atomic E-state index is 12.7. The normalized spacial score (nSPS) is 10.5. The molecule has 0 aromatic heterocycles. The standard InChI is InChI=1S/C21H26N4O3/c1-14(26)23-19-9-18(10-20(11-19)24-15(2)27)21(28)22-12-16-7-5-6-8-17(16)13-25(3)4/h5-11H,12-13H2,1-4H3,(H,22,28)(H,23,26)(H,24,27). The van der Waals surface area contributed by atoms with E-state index in [1.807, 2.05) is 38.4 Å².